The van der Waals surface area contributed by atoms with Gasteiger partial charge in [-0.1, -0.05) is 6.07 Å². The molecule has 1 saturated heterocycles. The molecule has 0 spiro atoms. The highest BCUT2D eigenvalue weighted by atomic mass is 19.1. The van der Waals surface area contributed by atoms with Crippen molar-refractivity contribution in [3.63, 3.8) is 0 Å². The quantitative estimate of drug-likeness (QED) is 0.878. The number of nitrogens with one attached hydrogen (secondary N) is 1. The number of hydrogen-bond acceptors (Lipinski definition) is 3. The number of hydrogen-bond donors (Lipinski definition) is 2. The summed E-state index contributed by atoms with van der Waals surface area (Å²) in [6, 6.07) is 5.21. The number of aliphatic carboxylic acids is 1. The Morgan fingerprint density at radius 3 is 2.80 bits per heavy atom. The van der Waals surface area contributed by atoms with E-state index < -0.39 is 17.8 Å². The zero-order valence-corrected chi connectivity index (χ0v) is 10.5. The second kappa shape index (κ2) is 5.57. The van der Waals surface area contributed by atoms with E-state index in [1.165, 1.54) is 17.0 Å². The fraction of sp³-hybridized carbons (Fsp3) is 0.308. The molecule has 1 aromatic carbocycles. The van der Waals surface area contributed by atoms with Crippen molar-refractivity contribution in [1.29, 1.82) is 5.26 Å². The Kier molecular flexibility index (Phi) is 3.84. The standard InChI is InChI=1S/C13H12FN3O3/c14-10-2-1-3-11(9(10)5-15)16-13(20)17-6-8(7-17)4-12(18)19/h1-3,8H,4,6-7H2,(H,16,20)(H,18,19). The Morgan fingerprint density at radius 1 is 1.50 bits per heavy atom. The first-order valence-corrected chi connectivity index (χ1v) is 5.97. The highest BCUT2D eigenvalue weighted by Crippen LogP contribution is 2.22. The maximum atomic E-state index is 13.4. The minimum atomic E-state index is -0.896. The maximum absolute atomic E-state index is 13.4. The molecular weight excluding hydrogens is 265 g/mol. The largest absolute Gasteiger partial charge is 0.481 e. The Morgan fingerprint density at radius 2 is 2.20 bits per heavy atom. The lowest BCUT2D eigenvalue weighted by Crippen LogP contribution is -2.52. The van der Waals surface area contributed by atoms with Gasteiger partial charge in [-0.05, 0) is 12.1 Å². The topological polar surface area (TPSA) is 93.4 Å². The third-order valence-electron chi connectivity index (χ3n) is 3.07. The van der Waals surface area contributed by atoms with Gasteiger partial charge in [-0.25, -0.2) is 9.18 Å². The molecule has 2 rings (SSSR count). The van der Waals surface area contributed by atoms with Crippen LogP contribution in [-0.4, -0.2) is 35.1 Å². The summed E-state index contributed by atoms with van der Waals surface area (Å²) in [4.78, 5) is 23.8. The van der Waals surface area contributed by atoms with Crippen LogP contribution in [-0.2, 0) is 4.79 Å². The molecule has 104 valence electrons. The maximum Gasteiger partial charge on any atom is 0.321 e. The van der Waals surface area contributed by atoms with Crippen LogP contribution < -0.4 is 5.32 Å². The zero-order valence-electron chi connectivity index (χ0n) is 10.5. The number of carbonyl (C=O) groups is 2. The normalized spacial score (nSPS) is 14.3. The lowest BCUT2D eigenvalue weighted by atomic mass is 9.97. The number of anilines is 1. The highest BCUT2D eigenvalue weighted by molar-refractivity contribution is 5.91. The number of carboxylic acid groups (broad SMARTS) is 1. The van der Waals surface area contributed by atoms with Crippen LogP contribution in [0.2, 0.25) is 0 Å². The van der Waals surface area contributed by atoms with E-state index in [0.29, 0.717) is 13.1 Å². The van der Waals surface area contributed by atoms with Gasteiger partial charge in [0.1, 0.15) is 17.4 Å². The van der Waals surface area contributed by atoms with E-state index in [4.69, 9.17) is 10.4 Å². The van der Waals surface area contributed by atoms with E-state index in [0.717, 1.165) is 6.07 Å². The number of urea groups is 1. The molecule has 1 aliphatic heterocycles. The van der Waals surface area contributed by atoms with Crippen LogP contribution in [0.25, 0.3) is 0 Å². The first-order chi connectivity index (χ1) is 9.51. The zero-order chi connectivity index (χ0) is 14.7. The summed E-state index contributed by atoms with van der Waals surface area (Å²) < 4.78 is 13.4. The lowest BCUT2D eigenvalue weighted by Gasteiger charge is -2.38. The van der Waals surface area contributed by atoms with Crippen LogP contribution in [0.15, 0.2) is 18.2 Å². The summed E-state index contributed by atoms with van der Waals surface area (Å²) in [7, 11) is 0. The van der Waals surface area contributed by atoms with Crippen LogP contribution in [0.3, 0.4) is 0 Å². The number of carbonyl (C=O) groups excluding carboxylic acids is 1. The number of benzene rings is 1. The van der Waals surface area contributed by atoms with Gasteiger partial charge in [0.25, 0.3) is 0 Å². The molecule has 0 bridgehead atoms. The Bertz CT molecular complexity index is 591. The Hall–Kier alpha value is -2.62. The molecule has 1 fully saturated rings. The van der Waals surface area contributed by atoms with E-state index in [-0.39, 0.29) is 23.6 Å². The number of nitrogens with zero attached hydrogens (tertiary/aromatic N) is 2. The SMILES string of the molecule is N#Cc1c(F)cccc1NC(=O)N1CC(CC(=O)O)C1. The van der Waals surface area contributed by atoms with Crippen LogP contribution >= 0.6 is 0 Å². The van der Waals surface area contributed by atoms with E-state index in [2.05, 4.69) is 5.32 Å². The molecule has 0 atom stereocenters. The van der Waals surface area contributed by atoms with Gasteiger partial charge in [-0.15, -0.1) is 0 Å². The average molecular weight is 277 g/mol. The van der Waals surface area contributed by atoms with Crippen molar-refractivity contribution in [2.75, 3.05) is 18.4 Å². The van der Waals surface area contributed by atoms with Gasteiger partial charge >= 0.3 is 12.0 Å². The van der Waals surface area contributed by atoms with Gasteiger partial charge in [0, 0.05) is 19.0 Å². The lowest BCUT2D eigenvalue weighted by molar-refractivity contribution is -0.139. The molecular formula is C13H12FN3O3. The number of amides is 2. The van der Waals surface area contributed by atoms with Crippen molar-refractivity contribution in [3.05, 3.63) is 29.6 Å². The second-order valence-corrected chi connectivity index (χ2v) is 4.57. The van der Waals surface area contributed by atoms with E-state index >= 15 is 0 Å². The number of halogens is 1. The van der Waals surface area contributed by atoms with Gasteiger partial charge < -0.3 is 15.3 Å². The predicted octanol–water partition coefficient (Wildman–Crippen LogP) is 1.64. The summed E-state index contributed by atoms with van der Waals surface area (Å²) in [6.07, 6.45) is 0.0210. The third kappa shape index (κ3) is 2.85. The minimum Gasteiger partial charge on any atom is -0.481 e. The molecule has 2 N–H and O–H groups in total. The molecule has 0 saturated carbocycles. The Labute approximate surface area is 114 Å². The van der Waals surface area contributed by atoms with Gasteiger partial charge in [-0.3, -0.25) is 4.79 Å². The van der Waals surface area contributed by atoms with E-state index in [1.807, 2.05) is 0 Å². The first kappa shape index (κ1) is 13.8. The second-order valence-electron chi connectivity index (χ2n) is 4.57. The van der Waals surface area contributed by atoms with E-state index in [9.17, 15) is 14.0 Å². The summed E-state index contributed by atoms with van der Waals surface area (Å²) in [6.45, 7) is 0.685. The molecule has 1 aromatic rings. The smallest absolute Gasteiger partial charge is 0.321 e. The fourth-order valence-corrected chi connectivity index (χ4v) is 2.05. The van der Waals surface area contributed by atoms with Crippen LogP contribution in [0, 0.1) is 23.1 Å². The monoisotopic (exact) mass is 277 g/mol. The predicted molar refractivity (Wildman–Crippen MR) is 67.4 cm³/mol. The van der Waals surface area contributed by atoms with Crippen molar-refractivity contribution >= 4 is 17.7 Å². The van der Waals surface area contributed by atoms with Gasteiger partial charge in [-0.2, -0.15) is 5.26 Å². The first-order valence-electron chi connectivity index (χ1n) is 5.97. The fourth-order valence-electron chi connectivity index (χ4n) is 2.05. The van der Waals surface area contributed by atoms with Crippen molar-refractivity contribution in [1.82, 2.24) is 4.90 Å². The van der Waals surface area contributed by atoms with Crippen molar-refractivity contribution in [3.8, 4) is 6.07 Å². The molecule has 0 radical (unpaired) electrons. The molecule has 6 nitrogen and oxygen atoms in total. The summed E-state index contributed by atoms with van der Waals surface area (Å²) in [5.41, 5.74) is -0.109. The minimum absolute atomic E-state index is 0.0210. The van der Waals surface area contributed by atoms with Crippen LogP contribution in [0.1, 0.15) is 12.0 Å². The number of nitriles is 1. The number of carboxylic acids is 1. The molecule has 2 amide bonds. The highest BCUT2D eigenvalue weighted by Gasteiger charge is 2.32. The van der Waals surface area contributed by atoms with Crippen molar-refractivity contribution in [2.24, 2.45) is 5.92 Å². The molecule has 0 aliphatic carbocycles. The van der Waals surface area contributed by atoms with Gasteiger partial charge in [0.2, 0.25) is 0 Å². The summed E-state index contributed by atoms with van der Waals surface area (Å²) in [5.74, 6) is -1.65. The molecule has 7 heteroatoms. The molecule has 20 heavy (non-hydrogen) atoms. The van der Waals surface area contributed by atoms with Gasteiger partial charge in [0.05, 0.1) is 12.1 Å². The number of rotatable bonds is 3. The molecule has 1 aliphatic rings. The molecule has 0 aromatic heterocycles. The Balaban J connectivity index is 1.96. The van der Waals surface area contributed by atoms with Crippen LogP contribution in [0.5, 0.6) is 0 Å². The van der Waals surface area contributed by atoms with Crippen molar-refractivity contribution < 1.29 is 19.1 Å². The van der Waals surface area contributed by atoms with Crippen molar-refractivity contribution in [2.45, 2.75) is 6.42 Å². The third-order valence-corrected chi connectivity index (χ3v) is 3.07. The number of likely N-dealkylation sites (tertiary alicyclic amines) is 1. The summed E-state index contributed by atoms with van der Waals surface area (Å²) >= 11 is 0. The van der Waals surface area contributed by atoms with Gasteiger partial charge in [0.15, 0.2) is 0 Å². The molecule has 0 unspecified atom stereocenters. The average Bonchev–Trinajstić information content (AvgIpc) is 2.33. The summed E-state index contributed by atoms with van der Waals surface area (Å²) in [5, 5.41) is 19.9. The van der Waals surface area contributed by atoms with E-state index in [1.54, 1.807) is 6.07 Å². The van der Waals surface area contributed by atoms with Crippen LogP contribution in [0.4, 0.5) is 14.9 Å². The molecule has 1 heterocycles.